The molecule has 0 rings (SSSR count). The van der Waals surface area contributed by atoms with E-state index in [2.05, 4.69) is 0 Å². The number of carbonyl (C=O) groups is 1. The van der Waals surface area contributed by atoms with Gasteiger partial charge >= 0.3 is 5.97 Å². The third kappa shape index (κ3) is 9.87. The first-order valence-electron chi connectivity index (χ1n) is 7.03. The van der Waals surface area contributed by atoms with Crippen molar-refractivity contribution < 1.29 is 19.0 Å². The van der Waals surface area contributed by atoms with E-state index in [1.807, 2.05) is 27.7 Å². The average molecular weight is 288 g/mol. The van der Waals surface area contributed by atoms with Crippen LogP contribution in [-0.2, 0) is 19.0 Å². The zero-order valence-corrected chi connectivity index (χ0v) is 15.1. The molecular weight excluding hydrogens is 260 g/mol. The van der Waals surface area contributed by atoms with Crippen LogP contribution in [0.15, 0.2) is 11.6 Å². The van der Waals surface area contributed by atoms with Gasteiger partial charge in [0.15, 0.2) is 6.29 Å². The minimum Gasteiger partial charge on any atom is -0.462 e. The summed E-state index contributed by atoms with van der Waals surface area (Å²) in [5.41, 5.74) is 0.527. The van der Waals surface area contributed by atoms with E-state index in [9.17, 15) is 4.79 Å². The smallest absolute Gasteiger partial charge is 0.333 e. The van der Waals surface area contributed by atoms with E-state index >= 15 is 0 Å². The van der Waals surface area contributed by atoms with Crippen molar-refractivity contribution in [2.45, 2.75) is 65.6 Å². The largest absolute Gasteiger partial charge is 0.462 e. The van der Waals surface area contributed by atoms with Crippen molar-refractivity contribution in [3.63, 3.8) is 0 Å². The maximum atomic E-state index is 11.7. The molecule has 0 radical (unpaired) electrons. The Hall–Kier alpha value is -0.653. The SMILES string of the molecule is CC(=CC(OC(C)C)OC(C)C)C(=O)OCCC[SiH3]. The van der Waals surface area contributed by atoms with Crippen molar-refractivity contribution >= 4 is 16.2 Å². The topological polar surface area (TPSA) is 44.8 Å². The summed E-state index contributed by atoms with van der Waals surface area (Å²) >= 11 is 0. The Kier molecular flexibility index (Phi) is 9.82. The Balaban J connectivity index is 4.48. The molecule has 0 aliphatic heterocycles. The molecule has 0 amide bonds. The van der Waals surface area contributed by atoms with Gasteiger partial charge in [0, 0.05) is 15.8 Å². The van der Waals surface area contributed by atoms with Crippen LogP contribution < -0.4 is 0 Å². The molecule has 0 saturated heterocycles. The molecule has 19 heavy (non-hydrogen) atoms. The fourth-order valence-corrected chi connectivity index (χ4v) is 1.63. The second-order valence-electron chi connectivity index (χ2n) is 5.08. The van der Waals surface area contributed by atoms with Crippen LogP contribution in [0, 0.1) is 0 Å². The van der Waals surface area contributed by atoms with E-state index in [1.54, 1.807) is 13.0 Å². The molecule has 112 valence electrons. The summed E-state index contributed by atoms with van der Waals surface area (Å²) < 4.78 is 16.4. The Morgan fingerprint density at radius 2 is 1.68 bits per heavy atom. The Morgan fingerprint density at radius 1 is 1.16 bits per heavy atom. The summed E-state index contributed by atoms with van der Waals surface area (Å²) in [6.45, 7) is 9.96. The first-order valence-corrected chi connectivity index (χ1v) is 8.44. The van der Waals surface area contributed by atoms with Crippen molar-refractivity contribution in [3.8, 4) is 0 Å². The summed E-state index contributed by atoms with van der Waals surface area (Å²) in [5, 5.41) is 0. The molecule has 0 spiro atoms. The second-order valence-corrected chi connectivity index (χ2v) is 6.08. The van der Waals surface area contributed by atoms with Gasteiger partial charge < -0.3 is 14.2 Å². The second kappa shape index (κ2) is 10.2. The van der Waals surface area contributed by atoms with Gasteiger partial charge in [-0.1, -0.05) is 6.04 Å². The van der Waals surface area contributed by atoms with Crippen molar-refractivity contribution in [1.82, 2.24) is 0 Å². The van der Waals surface area contributed by atoms with Crippen molar-refractivity contribution in [3.05, 3.63) is 11.6 Å². The molecule has 4 nitrogen and oxygen atoms in total. The first kappa shape index (κ1) is 18.3. The van der Waals surface area contributed by atoms with Crippen LogP contribution in [0.3, 0.4) is 0 Å². The molecule has 0 heterocycles. The lowest BCUT2D eigenvalue weighted by Gasteiger charge is -2.20. The Bertz CT molecular complexity index is 277. The number of ether oxygens (including phenoxy) is 3. The van der Waals surface area contributed by atoms with Gasteiger partial charge in [-0.3, -0.25) is 0 Å². The fourth-order valence-electron chi connectivity index (χ4n) is 1.34. The minimum atomic E-state index is -0.508. The molecule has 0 saturated carbocycles. The number of rotatable bonds is 9. The molecule has 0 atom stereocenters. The molecule has 0 aromatic carbocycles. The van der Waals surface area contributed by atoms with Crippen LogP contribution in [0.2, 0.25) is 6.04 Å². The highest BCUT2D eigenvalue weighted by atomic mass is 28.1. The third-order valence-corrected chi connectivity index (χ3v) is 2.96. The van der Waals surface area contributed by atoms with E-state index in [1.165, 1.54) is 0 Å². The van der Waals surface area contributed by atoms with Gasteiger partial charge in [0.25, 0.3) is 0 Å². The molecule has 0 aliphatic rings. The van der Waals surface area contributed by atoms with E-state index in [0.717, 1.165) is 22.7 Å². The van der Waals surface area contributed by atoms with Crippen molar-refractivity contribution in [1.29, 1.82) is 0 Å². The van der Waals surface area contributed by atoms with Gasteiger partial charge in [0.1, 0.15) is 0 Å². The number of esters is 1. The van der Waals surface area contributed by atoms with Gasteiger partial charge in [-0.05, 0) is 47.1 Å². The highest BCUT2D eigenvalue weighted by Gasteiger charge is 2.14. The quantitative estimate of drug-likeness (QED) is 0.213. The number of hydrogen-bond donors (Lipinski definition) is 0. The standard InChI is InChI=1S/C14H28O4Si/c1-10(2)17-13(18-11(3)4)9-12(5)14(15)16-7-6-8-19/h9-11,13H,6-8H2,1-5,19H3. The summed E-state index contributed by atoms with van der Waals surface area (Å²) in [6.07, 6.45) is 2.19. The molecule has 5 heteroatoms. The highest BCUT2D eigenvalue weighted by Crippen LogP contribution is 2.09. The van der Waals surface area contributed by atoms with Crippen LogP contribution in [0.5, 0.6) is 0 Å². The van der Waals surface area contributed by atoms with Crippen molar-refractivity contribution in [2.75, 3.05) is 6.61 Å². The molecule has 0 unspecified atom stereocenters. The Morgan fingerprint density at radius 3 is 2.11 bits per heavy atom. The van der Waals surface area contributed by atoms with Gasteiger partial charge in [-0.2, -0.15) is 0 Å². The van der Waals surface area contributed by atoms with Gasteiger partial charge in [-0.25, -0.2) is 4.79 Å². The predicted octanol–water partition coefficient (Wildman–Crippen LogP) is 1.83. The van der Waals surface area contributed by atoms with Crippen LogP contribution in [0.1, 0.15) is 41.0 Å². The van der Waals surface area contributed by atoms with E-state index in [0.29, 0.717) is 12.2 Å². The molecule has 0 aromatic heterocycles. The van der Waals surface area contributed by atoms with Crippen LogP contribution >= 0.6 is 0 Å². The van der Waals surface area contributed by atoms with Gasteiger partial charge in [0.2, 0.25) is 0 Å². The van der Waals surface area contributed by atoms with E-state index < -0.39 is 6.29 Å². The van der Waals surface area contributed by atoms with Crippen LogP contribution in [0.25, 0.3) is 0 Å². The highest BCUT2D eigenvalue weighted by molar-refractivity contribution is 6.08. The lowest BCUT2D eigenvalue weighted by molar-refractivity contribution is -0.154. The van der Waals surface area contributed by atoms with Crippen LogP contribution in [0.4, 0.5) is 0 Å². The van der Waals surface area contributed by atoms with Gasteiger partial charge in [-0.15, -0.1) is 0 Å². The Labute approximate surface area is 119 Å². The van der Waals surface area contributed by atoms with Crippen molar-refractivity contribution in [2.24, 2.45) is 0 Å². The molecule has 0 aliphatic carbocycles. The molecule has 0 aromatic rings. The lowest BCUT2D eigenvalue weighted by atomic mass is 10.3. The van der Waals surface area contributed by atoms with E-state index in [-0.39, 0.29) is 18.2 Å². The first-order chi connectivity index (χ1) is 8.86. The maximum absolute atomic E-state index is 11.7. The molecule has 0 bridgehead atoms. The van der Waals surface area contributed by atoms with Gasteiger partial charge in [0.05, 0.1) is 18.8 Å². The maximum Gasteiger partial charge on any atom is 0.333 e. The van der Waals surface area contributed by atoms with E-state index in [4.69, 9.17) is 14.2 Å². The molecule has 0 N–H and O–H groups in total. The molecule has 0 fully saturated rings. The minimum absolute atomic E-state index is 0.0360. The third-order valence-electron chi connectivity index (χ3n) is 2.25. The zero-order chi connectivity index (χ0) is 14.8. The van der Waals surface area contributed by atoms with Crippen LogP contribution in [-0.4, -0.2) is 41.3 Å². The lowest BCUT2D eigenvalue weighted by Crippen LogP contribution is -2.24. The summed E-state index contributed by atoms with van der Waals surface area (Å²) in [5.74, 6) is -0.292. The number of hydrogen-bond acceptors (Lipinski definition) is 4. The number of carbonyl (C=O) groups excluding carboxylic acids is 1. The zero-order valence-electron chi connectivity index (χ0n) is 13.1. The molecular formula is C14H28O4Si. The fraction of sp³-hybridized carbons (Fsp3) is 0.786. The summed E-state index contributed by atoms with van der Waals surface area (Å²) in [6, 6.07) is 1.14. The average Bonchev–Trinajstić information content (AvgIpc) is 2.27. The summed E-state index contributed by atoms with van der Waals surface area (Å²) in [4.78, 5) is 11.7. The normalized spacial score (nSPS) is 12.7. The predicted molar refractivity (Wildman–Crippen MR) is 80.3 cm³/mol. The summed E-state index contributed by atoms with van der Waals surface area (Å²) in [7, 11) is 1.14. The monoisotopic (exact) mass is 288 g/mol.